The molecule has 0 bridgehead atoms. The lowest BCUT2D eigenvalue weighted by molar-refractivity contribution is -0.687. The van der Waals surface area contributed by atoms with Crippen LogP contribution in [-0.2, 0) is 46.5 Å². The molecule has 69 heavy (non-hydrogen) atoms. The van der Waals surface area contributed by atoms with Crippen LogP contribution in [0, 0.1) is 11.8 Å². The Labute approximate surface area is 401 Å². The minimum Gasteiger partial charge on any atom is -0.493 e. The van der Waals surface area contributed by atoms with E-state index in [9.17, 15) is 28.8 Å². The van der Waals surface area contributed by atoms with Gasteiger partial charge in [0.05, 0.1) is 26.9 Å². The van der Waals surface area contributed by atoms with Gasteiger partial charge in [-0.25, -0.2) is 19.4 Å². The van der Waals surface area contributed by atoms with E-state index in [1.54, 1.807) is 13.8 Å². The number of esters is 4. The molecule has 2 N–H and O–H groups in total. The average molecular weight is 954 g/mol. The molecular formula is C51H61N4O14+. The second-order valence-electron chi connectivity index (χ2n) is 17.3. The summed E-state index contributed by atoms with van der Waals surface area (Å²) < 4.78 is 47.6. The number of nitrogens with zero attached hydrogens (tertiary/aromatic N) is 2. The van der Waals surface area contributed by atoms with Crippen LogP contribution >= 0.6 is 0 Å². The summed E-state index contributed by atoms with van der Waals surface area (Å²) in [6, 6.07) is 19.4. The Bertz CT molecular complexity index is 2440. The van der Waals surface area contributed by atoms with Crippen molar-refractivity contribution < 1.29 is 71.2 Å². The first-order chi connectivity index (χ1) is 33.2. The summed E-state index contributed by atoms with van der Waals surface area (Å²) >= 11 is 0. The van der Waals surface area contributed by atoms with Crippen LogP contribution in [0.1, 0.15) is 99.7 Å². The highest BCUT2D eigenvalue weighted by molar-refractivity contribution is 5.99. The summed E-state index contributed by atoms with van der Waals surface area (Å²) in [5.41, 5.74) is 0.235. The van der Waals surface area contributed by atoms with Gasteiger partial charge in [-0.3, -0.25) is 14.4 Å². The summed E-state index contributed by atoms with van der Waals surface area (Å²) in [6.45, 7) is 8.27. The minimum absolute atomic E-state index is 0.0240. The van der Waals surface area contributed by atoms with E-state index in [2.05, 4.69) is 15.6 Å². The molecule has 8 unspecified atom stereocenters. The second-order valence-corrected chi connectivity index (χ2v) is 17.3. The van der Waals surface area contributed by atoms with Crippen LogP contribution < -0.4 is 38.9 Å². The van der Waals surface area contributed by atoms with E-state index in [1.807, 2.05) is 74.5 Å². The Morgan fingerprint density at radius 3 is 1.87 bits per heavy atom. The number of rotatable bonds is 15. The number of benzene rings is 2. The van der Waals surface area contributed by atoms with Crippen molar-refractivity contribution in [3.63, 3.8) is 0 Å². The summed E-state index contributed by atoms with van der Waals surface area (Å²) in [4.78, 5) is 86.4. The molecule has 2 aliphatic rings. The molecule has 0 spiro atoms. The van der Waals surface area contributed by atoms with Crippen LogP contribution in [0.25, 0.3) is 0 Å². The van der Waals surface area contributed by atoms with E-state index < -0.39 is 78.7 Å². The van der Waals surface area contributed by atoms with E-state index in [0.29, 0.717) is 38.0 Å². The first-order valence-corrected chi connectivity index (χ1v) is 23.1. The molecule has 6 rings (SSSR count). The minimum atomic E-state index is -1.15. The van der Waals surface area contributed by atoms with Crippen LogP contribution in [0.4, 0.5) is 0 Å². The Balaban J connectivity index is 1.20. The number of aromatic nitrogens is 2. The molecule has 368 valence electrons. The Hall–Kier alpha value is -7.08. The number of nitrogens with one attached hydrogen (secondary N) is 2. The van der Waals surface area contributed by atoms with Crippen LogP contribution in [0.2, 0.25) is 0 Å². The zero-order valence-electron chi connectivity index (χ0n) is 40.0. The molecule has 2 saturated heterocycles. The van der Waals surface area contributed by atoms with Crippen molar-refractivity contribution in [1.29, 1.82) is 0 Å². The Morgan fingerprint density at radius 1 is 0.696 bits per heavy atom. The van der Waals surface area contributed by atoms with Crippen molar-refractivity contribution in [2.45, 2.75) is 123 Å². The Kier molecular flexibility index (Phi) is 18.1. The van der Waals surface area contributed by atoms with Gasteiger partial charge in [-0.05, 0) is 69.1 Å². The molecule has 2 aromatic heterocycles. The van der Waals surface area contributed by atoms with Crippen molar-refractivity contribution >= 4 is 35.7 Å². The van der Waals surface area contributed by atoms with Crippen molar-refractivity contribution in [1.82, 2.24) is 15.6 Å². The fourth-order valence-electron chi connectivity index (χ4n) is 8.55. The van der Waals surface area contributed by atoms with Crippen molar-refractivity contribution in [3.05, 3.63) is 102 Å². The van der Waals surface area contributed by atoms with Gasteiger partial charge in [0.2, 0.25) is 18.0 Å². The van der Waals surface area contributed by atoms with Gasteiger partial charge in [-0.1, -0.05) is 75.2 Å². The second kappa shape index (κ2) is 24.3. The number of hydrogen-bond acceptors (Lipinski definition) is 15. The van der Waals surface area contributed by atoms with Crippen molar-refractivity contribution in [2.75, 3.05) is 14.2 Å². The molecule has 0 saturated carbocycles. The molecule has 4 aromatic rings. The maximum atomic E-state index is 14.4. The molecule has 2 amide bonds. The molecular weight excluding hydrogens is 893 g/mol. The van der Waals surface area contributed by atoms with Crippen molar-refractivity contribution in [3.8, 4) is 28.7 Å². The summed E-state index contributed by atoms with van der Waals surface area (Å²) in [5, 5.41) is 5.43. The van der Waals surface area contributed by atoms with Crippen LogP contribution in [0.15, 0.2) is 85.2 Å². The largest absolute Gasteiger partial charge is 0.493 e. The van der Waals surface area contributed by atoms with E-state index in [-0.39, 0.29) is 59.1 Å². The van der Waals surface area contributed by atoms with Gasteiger partial charge in [0, 0.05) is 25.3 Å². The molecule has 2 fully saturated rings. The SMILES string of the molecule is COc1ccnc(C(=O)NC2CCCC(C)C(OCc3ccccc3)C(C)OC2=O)c1OC(=O)C[n+]1ccc(OC)c(OC(C)=O)c1C(=O)NC1CCCC(C)C(Oc2ccccc2)C(C)OC1=O. The first kappa shape index (κ1) is 51.3. The molecule has 0 radical (unpaired) electrons. The van der Waals surface area contributed by atoms with Crippen LogP contribution in [-0.4, -0.2) is 91.4 Å². The monoisotopic (exact) mass is 953 g/mol. The molecule has 2 aliphatic heterocycles. The van der Waals surface area contributed by atoms with E-state index in [0.717, 1.165) is 17.1 Å². The predicted octanol–water partition coefficient (Wildman–Crippen LogP) is 5.65. The van der Waals surface area contributed by atoms with E-state index in [1.165, 1.54) is 38.7 Å². The highest BCUT2D eigenvalue weighted by Crippen LogP contribution is 2.33. The van der Waals surface area contributed by atoms with Gasteiger partial charge in [-0.2, -0.15) is 4.57 Å². The number of ether oxygens (including phenoxy) is 8. The number of carbonyl (C=O) groups is 6. The number of amides is 2. The highest BCUT2D eigenvalue weighted by Gasteiger charge is 2.39. The summed E-state index contributed by atoms with van der Waals surface area (Å²) in [5.74, 6) is -5.13. The maximum absolute atomic E-state index is 14.4. The molecule has 4 heterocycles. The number of cyclic esters (lactones) is 2. The van der Waals surface area contributed by atoms with Gasteiger partial charge in [0.1, 0.15) is 36.1 Å². The Morgan fingerprint density at radius 2 is 1.26 bits per heavy atom. The summed E-state index contributed by atoms with van der Waals surface area (Å²) in [6.07, 6.45) is 3.22. The maximum Gasteiger partial charge on any atom is 0.378 e. The standard InChI is InChI=1S/C51H60N4O14/c1-30-16-14-22-37(50(60)65-32(3)44(30)64-29-35-18-10-8-11-19-35)53-48(58)42-46(39(62-6)24-26-52-42)69-41(57)28-55-27-25-40(63-7)47(67-34(5)56)43(55)49(59)54-38-23-15-17-31(2)45(33(4)66-51(38)61)68-36-20-12-9-13-21-36/h8-13,18-21,24-27,30-33,37-38,44-45H,14-17,22-23,28-29H2,1-7H3,(H-,53,54,58,59)/p+1. The van der Waals surface area contributed by atoms with Crippen LogP contribution in [0.3, 0.4) is 0 Å². The number of hydrogen-bond donors (Lipinski definition) is 2. The quantitative estimate of drug-likeness (QED) is 0.109. The first-order valence-electron chi connectivity index (χ1n) is 23.1. The number of pyridine rings is 2. The smallest absolute Gasteiger partial charge is 0.378 e. The number of para-hydroxylation sites is 1. The highest BCUT2D eigenvalue weighted by atomic mass is 16.6. The zero-order chi connectivity index (χ0) is 49.6. The van der Waals surface area contributed by atoms with Gasteiger partial charge in [-0.15, -0.1) is 0 Å². The third kappa shape index (κ3) is 13.6. The van der Waals surface area contributed by atoms with E-state index >= 15 is 0 Å². The molecule has 18 heteroatoms. The third-order valence-electron chi connectivity index (χ3n) is 12.1. The summed E-state index contributed by atoms with van der Waals surface area (Å²) in [7, 11) is 2.60. The lowest BCUT2D eigenvalue weighted by Crippen LogP contribution is -2.51. The average Bonchev–Trinajstić information content (AvgIpc) is 3.40. The molecule has 0 aliphatic carbocycles. The van der Waals surface area contributed by atoms with Gasteiger partial charge in [0.25, 0.3) is 5.91 Å². The fraction of sp³-hybridized carbons (Fsp3) is 0.451. The molecule has 18 nitrogen and oxygen atoms in total. The zero-order valence-corrected chi connectivity index (χ0v) is 40.0. The van der Waals surface area contributed by atoms with Gasteiger partial charge in [0.15, 0.2) is 23.4 Å². The fourth-order valence-corrected chi connectivity index (χ4v) is 8.55. The lowest BCUT2D eigenvalue weighted by Gasteiger charge is -2.29. The predicted molar refractivity (Wildman–Crippen MR) is 246 cm³/mol. The van der Waals surface area contributed by atoms with Gasteiger partial charge >= 0.3 is 35.5 Å². The van der Waals surface area contributed by atoms with E-state index in [4.69, 9.17) is 37.9 Å². The van der Waals surface area contributed by atoms with Gasteiger partial charge < -0.3 is 48.5 Å². The van der Waals surface area contributed by atoms with Crippen LogP contribution in [0.5, 0.6) is 28.7 Å². The lowest BCUT2D eigenvalue weighted by atomic mass is 9.94. The third-order valence-corrected chi connectivity index (χ3v) is 12.1. The topological polar surface area (TPSA) is 217 Å². The number of methoxy groups -OCH3 is 2. The van der Waals surface area contributed by atoms with Crippen molar-refractivity contribution in [2.24, 2.45) is 11.8 Å². The number of carbonyl (C=O) groups excluding carboxylic acids is 6. The normalized spacial score (nSPS) is 23.1. The molecule has 2 aromatic carbocycles. The molecule has 8 atom stereocenters.